The molecule has 2 aromatic heterocycles. The van der Waals surface area contributed by atoms with E-state index in [1.807, 2.05) is 22.4 Å². The monoisotopic (exact) mass is 411 g/mol. The SMILES string of the molecule is CC(C)[C@H](NC(=O)C1CCN(c2ccc(C(F)(F)F)cn2)CC1)c1cccs1. The first kappa shape index (κ1) is 20.6. The van der Waals surface area contributed by atoms with Crippen molar-refractivity contribution in [1.29, 1.82) is 0 Å². The number of piperidine rings is 1. The maximum Gasteiger partial charge on any atom is 0.417 e. The highest BCUT2D eigenvalue weighted by atomic mass is 32.1. The Morgan fingerprint density at radius 3 is 2.46 bits per heavy atom. The van der Waals surface area contributed by atoms with Crippen LogP contribution in [0.15, 0.2) is 35.8 Å². The van der Waals surface area contributed by atoms with E-state index in [1.165, 1.54) is 6.07 Å². The first-order valence-corrected chi connectivity index (χ1v) is 10.3. The van der Waals surface area contributed by atoms with Gasteiger partial charge in [-0.1, -0.05) is 19.9 Å². The number of hydrogen-bond donors (Lipinski definition) is 1. The number of rotatable bonds is 5. The minimum Gasteiger partial charge on any atom is -0.357 e. The highest BCUT2D eigenvalue weighted by Crippen LogP contribution is 2.31. The normalized spacial score (nSPS) is 17.0. The maximum absolute atomic E-state index is 12.7. The van der Waals surface area contributed by atoms with Gasteiger partial charge in [-0.3, -0.25) is 4.79 Å². The van der Waals surface area contributed by atoms with Crippen LogP contribution in [0.4, 0.5) is 19.0 Å². The summed E-state index contributed by atoms with van der Waals surface area (Å²) >= 11 is 1.64. The topological polar surface area (TPSA) is 45.2 Å². The molecule has 3 rings (SSSR count). The van der Waals surface area contributed by atoms with E-state index in [9.17, 15) is 18.0 Å². The van der Waals surface area contributed by atoms with Gasteiger partial charge in [-0.05, 0) is 42.3 Å². The predicted molar refractivity (Wildman–Crippen MR) is 104 cm³/mol. The van der Waals surface area contributed by atoms with Crippen LogP contribution in [-0.2, 0) is 11.0 Å². The van der Waals surface area contributed by atoms with E-state index in [1.54, 1.807) is 11.3 Å². The van der Waals surface area contributed by atoms with E-state index in [0.29, 0.717) is 37.7 Å². The largest absolute Gasteiger partial charge is 0.417 e. The van der Waals surface area contributed by atoms with E-state index < -0.39 is 11.7 Å². The van der Waals surface area contributed by atoms with Crippen molar-refractivity contribution in [3.63, 3.8) is 0 Å². The lowest BCUT2D eigenvalue weighted by molar-refractivity contribution is -0.137. The number of aromatic nitrogens is 1. The summed E-state index contributed by atoms with van der Waals surface area (Å²) in [5.41, 5.74) is -0.751. The van der Waals surface area contributed by atoms with E-state index in [0.717, 1.165) is 17.1 Å². The number of halogens is 3. The Bertz CT molecular complexity index is 767. The molecule has 28 heavy (non-hydrogen) atoms. The summed E-state index contributed by atoms with van der Waals surface area (Å²) in [4.78, 5) is 19.8. The molecule has 1 aliphatic heterocycles. The number of anilines is 1. The summed E-state index contributed by atoms with van der Waals surface area (Å²) in [6.45, 7) is 5.37. The molecule has 0 aromatic carbocycles. The predicted octanol–water partition coefficient (Wildman–Crippen LogP) is 4.89. The van der Waals surface area contributed by atoms with Crippen molar-refractivity contribution >= 4 is 23.1 Å². The van der Waals surface area contributed by atoms with Gasteiger partial charge in [-0.25, -0.2) is 4.98 Å². The molecule has 0 aliphatic carbocycles. The van der Waals surface area contributed by atoms with Gasteiger partial charge >= 0.3 is 6.18 Å². The zero-order chi connectivity index (χ0) is 20.3. The average Bonchev–Trinajstić information content (AvgIpc) is 3.19. The molecule has 4 nitrogen and oxygen atoms in total. The zero-order valence-corrected chi connectivity index (χ0v) is 16.7. The molecule has 0 bridgehead atoms. The molecule has 152 valence electrons. The first-order chi connectivity index (χ1) is 13.3. The second kappa shape index (κ2) is 8.51. The van der Waals surface area contributed by atoms with Gasteiger partial charge in [0, 0.05) is 30.1 Å². The van der Waals surface area contributed by atoms with Gasteiger partial charge < -0.3 is 10.2 Å². The third-order valence-corrected chi connectivity index (χ3v) is 6.03. The average molecular weight is 411 g/mol. The van der Waals surface area contributed by atoms with Crippen LogP contribution >= 0.6 is 11.3 Å². The van der Waals surface area contributed by atoms with Crippen LogP contribution in [0.2, 0.25) is 0 Å². The van der Waals surface area contributed by atoms with Gasteiger partial charge in [0.1, 0.15) is 5.82 Å². The van der Waals surface area contributed by atoms with Crippen molar-refractivity contribution in [2.75, 3.05) is 18.0 Å². The lowest BCUT2D eigenvalue weighted by atomic mass is 9.94. The van der Waals surface area contributed by atoms with E-state index in [2.05, 4.69) is 24.1 Å². The Morgan fingerprint density at radius 2 is 1.96 bits per heavy atom. The summed E-state index contributed by atoms with van der Waals surface area (Å²) in [6, 6.07) is 6.47. The van der Waals surface area contributed by atoms with E-state index >= 15 is 0 Å². The molecule has 0 saturated carbocycles. The Balaban J connectivity index is 1.56. The van der Waals surface area contributed by atoms with Crippen molar-refractivity contribution in [3.05, 3.63) is 46.3 Å². The molecule has 1 N–H and O–H groups in total. The van der Waals surface area contributed by atoms with Gasteiger partial charge in [-0.2, -0.15) is 13.2 Å². The molecule has 0 spiro atoms. The number of thiophene rings is 1. The second-order valence-corrected chi connectivity index (χ2v) is 8.39. The van der Waals surface area contributed by atoms with Crippen LogP contribution in [0.5, 0.6) is 0 Å². The minimum atomic E-state index is -4.38. The molecule has 0 unspecified atom stereocenters. The summed E-state index contributed by atoms with van der Waals surface area (Å²) in [5.74, 6) is 0.767. The van der Waals surface area contributed by atoms with Crippen molar-refractivity contribution < 1.29 is 18.0 Å². The summed E-state index contributed by atoms with van der Waals surface area (Å²) < 4.78 is 38.0. The van der Waals surface area contributed by atoms with Crippen LogP contribution in [0.3, 0.4) is 0 Å². The molecular formula is C20H24F3N3OS. The molecule has 8 heteroatoms. The van der Waals surface area contributed by atoms with Gasteiger partial charge in [0.05, 0.1) is 11.6 Å². The Hall–Kier alpha value is -2.09. The zero-order valence-electron chi connectivity index (χ0n) is 15.9. The summed E-state index contributed by atoms with van der Waals surface area (Å²) in [6.07, 6.45) is -2.21. The lowest BCUT2D eigenvalue weighted by Gasteiger charge is -2.33. The fraction of sp³-hybridized carbons (Fsp3) is 0.500. The number of amides is 1. The van der Waals surface area contributed by atoms with Gasteiger partial charge in [-0.15, -0.1) is 11.3 Å². The van der Waals surface area contributed by atoms with Crippen LogP contribution in [-0.4, -0.2) is 24.0 Å². The molecule has 1 saturated heterocycles. The third kappa shape index (κ3) is 4.84. The number of hydrogen-bond acceptors (Lipinski definition) is 4. The fourth-order valence-electron chi connectivity index (χ4n) is 3.42. The number of alkyl halides is 3. The number of nitrogens with one attached hydrogen (secondary N) is 1. The molecule has 1 aliphatic rings. The highest BCUT2D eigenvalue weighted by molar-refractivity contribution is 7.10. The smallest absolute Gasteiger partial charge is 0.357 e. The molecule has 1 fully saturated rings. The molecule has 2 aromatic rings. The van der Waals surface area contributed by atoms with Crippen LogP contribution in [0.1, 0.15) is 43.2 Å². The van der Waals surface area contributed by atoms with Crippen molar-refractivity contribution in [2.45, 2.75) is 38.9 Å². The quantitative estimate of drug-likeness (QED) is 0.762. The van der Waals surface area contributed by atoms with Gasteiger partial charge in [0.2, 0.25) is 5.91 Å². The highest BCUT2D eigenvalue weighted by Gasteiger charge is 2.32. The van der Waals surface area contributed by atoms with Crippen LogP contribution in [0.25, 0.3) is 0 Å². The van der Waals surface area contributed by atoms with Crippen molar-refractivity contribution in [3.8, 4) is 0 Å². The van der Waals surface area contributed by atoms with E-state index in [-0.39, 0.29) is 17.9 Å². The lowest BCUT2D eigenvalue weighted by Crippen LogP contribution is -2.42. The summed E-state index contributed by atoms with van der Waals surface area (Å²) in [7, 11) is 0. The number of carbonyl (C=O) groups is 1. The van der Waals surface area contributed by atoms with Crippen LogP contribution < -0.4 is 10.2 Å². The maximum atomic E-state index is 12.7. The fourth-order valence-corrected chi connectivity index (χ4v) is 4.37. The molecule has 0 radical (unpaired) electrons. The summed E-state index contributed by atoms with van der Waals surface area (Å²) in [5, 5.41) is 5.19. The Kier molecular flexibility index (Phi) is 6.27. The number of nitrogens with zero attached hydrogens (tertiary/aromatic N) is 2. The second-order valence-electron chi connectivity index (χ2n) is 7.41. The third-order valence-electron chi connectivity index (χ3n) is 5.08. The Labute approximate surface area is 166 Å². The van der Waals surface area contributed by atoms with Crippen LogP contribution in [0, 0.1) is 11.8 Å². The molecule has 1 atom stereocenters. The standard InChI is InChI=1S/C20H24F3N3OS/c1-13(2)18(16-4-3-11-28-16)25-19(27)14-7-9-26(10-8-14)17-6-5-15(12-24-17)20(21,22)23/h3-6,11-14,18H,7-10H2,1-2H3,(H,25,27)/t18-/m0/s1. The molecule has 1 amide bonds. The minimum absolute atomic E-state index is 0.00195. The molecule has 3 heterocycles. The number of carbonyl (C=O) groups excluding carboxylic acids is 1. The molecular weight excluding hydrogens is 387 g/mol. The van der Waals surface area contributed by atoms with E-state index in [4.69, 9.17) is 0 Å². The van der Waals surface area contributed by atoms with Gasteiger partial charge in [0.15, 0.2) is 0 Å². The van der Waals surface area contributed by atoms with Crippen molar-refractivity contribution in [2.24, 2.45) is 11.8 Å². The Morgan fingerprint density at radius 1 is 1.25 bits per heavy atom. The first-order valence-electron chi connectivity index (χ1n) is 9.37. The number of pyridine rings is 1. The van der Waals surface area contributed by atoms with Crippen molar-refractivity contribution in [1.82, 2.24) is 10.3 Å². The van der Waals surface area contributed by atoms with Gasteiger partial charge in [0.25, 0.3) is 0 Å².